The van der Waals surface area contributed by atoms with Gasteiger partial charge in [0.1, 0.15) is 0 Å². The standard InChI is InChI=1S/C19H17NO3/c1-3-22-19(21)18-12-15(23-20-18)11-10-14-9-8-13(2)16-6-4-5-7-17(14)16/h4-12H,3H2,1-2H3/b11-10+. The monoisotopic (exact) mass is 307 g/mol. The van der Waals surface area contributed by atoms with Gasteiger partial charge in [-0.3, -0.25) is 0 Å². The van der Waals surface area contributed by atoms with Crippen LogP contribution in [0.3, 0.4) is 0 Å². The molecule has 0 N–H and O–H groups in total. The molecule has 3 rings (SSSR count). The number of carbonyl (C=O) groups is 1. The van der Waals surface area contributed by atoms with Gasteiger partial charge < -0.3 is 9.26 Å². The smallest absolute Gasteiger partial charge is 0.360 e. The van der Waals surface area contributed by atoms with Gasteiger partial charge in [-0.2, -0.15) is 0 Å². The van der Waals surface area contributed by atoms with E-state index in [0.717, 1.165) is 5.56 Å². The zero-order chi connectivity index (χ0) is 16.2. The molecule has 4 heteroatoms. The van der Waals surface area contributed by atoms with Crippen LogP contribution in [0.1, 0.15) is 34.3 Å². The first-order valence-electron chi connectivity index (χ1n) is 7.49. The van der Waals surface area contributed by atoms with E-state index in [4.69, 9.17) is 9.26 Å². The molecule has 0 saturated heterocycles. The molecule has 0 spiro atoms. The van der Waals surface area contributed by atoms with Gasteiger partial charge in [0.05, 0.1) is 6.61 Å². The van der Waals surface area contributed by atoms with Crippen molar-refractivity contribution in [3.05, 3.63) is 65.0 Å². The molecule has 3 aromatic rings. The molecule has 0 aliphatic rings. The van der Waals surface area contributed by atoms with Gasteiger partial charge in [-0.1, -0.05) is 47.6 Å². The second kappa shape index (κ2) is 6.48. The van der Waals surface area contributed by atoms with Crippen molar-refractivity contribution in [3.8, 4) is 0 Å². The number of fused-ring (bicyclic) bond motifs is 1. The maximum absolute atomic E-state index is 11.6. The molecule has 4 nitrogen and oxygen atoms in total. The van der Waals surface area contributed by atoms with Crippen LogP contribution in [0.25, 0.3) is 22.9 Å². The summed E-state index contributed by atoms with van der Waals surface area (Å²) in [5, 5.41) is 6.12. The molecule has 0 radical (unpaired) electrons. The van der Waals surface area contributed by atoms with Crippen LogP contribution < -0.4 is 0 Å². The molecule has 0 amide bonds. The van der Waals surface area contributed by atoms with E-state index in [0.29, 0.717) is 12.4 Å². The average Bonchev–Trinajstić information content (AvgIpc) is 3.04. The highest BCUT2D eigenvalue weighted by Gasteiger charge is 2.12. The summed E-state index contributed by atoms with van der Waals surface area (Å²) < 4.78 is 10.0. The van der Waals surface area contributed by atoms with E-state index in [1.165, 1.54) is 16.3 Å². The van der Waals surface area contributed by atoms with Crippen LogP contribution in [0.2, 0.25) is 0 Å². The van der Waals surface area contributed by atoms with E-state index < -0.39 is 5.97 Å². The molecule has 0 saturated carbocycles. The summed E-state index contributed by atoms with van der Waals surface area (Å²) in [4.78, 5) is 11.6. The SMILES string of the molecule is CCOC(=O)c1cc(/C=C/c2ccc(C)c3ccccc23)on1. The van der Waals surface area contributed by atoms with Crippen LogP contribution in [0.15, 0.2) is 47.0 Å². The number of carbonyl (C=O) groups excluding carboxylic acids is 1. The maximum Gasteiger partial charge on any atom is 0.360 e. The predicted molar refractivity (Wildman–Crippen MR) is 90.1 cm³/mol. The number of ether oxygens (including phenoxy) is 1. The second-order valence-electron chi connectivity index (χ2n) is 5.19. The first-order chi connectivity index (χ1) is 11.2. The summed E-state index contributed by atoms with van der Waals surface area (Å²) in [6.45, 7) is 4.16. The van der Waals surface area contributed by atoms with E-state index >= 15 is 0 Å². The second-order valence-corrected chi connectivity index (χ2v) is 5.19. The lowest BCUT2D eigenvalue weighted by Gasteiger charge is -2.05. The van der Waals surface area contributed by atoms with Crippen molar-refractivity contribution in [2.45, 2.75) is 13.8 Å². The molecule has 1 aromatic heterocycles. The van der Waals surface area contributed by atoms with Crippen molar-refractivity contribution in [3.63, 3.8) is 0 Å². The Balaban J connectivity index is 1.89. The zero-order valence-electron chi connectivity index (χ0n) is 13.1. The van der Waals surface area contributed by atoms with Crippen LogP contribution in [-0.2, 0) is 4.74 Å². The van der Waals surface area contributed by atoms with Crippen LogP contribution in [0.4, 0.5) is 0 Å². The highest BCUT2D eigenvalue weighted by Crippen LogP contribution is 2.24. The van der Waals surface area contributed by atoms with Crippen molar-refractivity contribution in [2.24, 2.45) is 0 Å². The van der Waals surface area contributed by atoms with Crippen molar-refractivity contribution < 1.29 is 14.1 Å². The Labute approximate surface area is 134 Å². The summed E-state index contributed by atoms with van der Waals surface area (Å²) in [5.41, 5.74) is 2.50. The van der Waals surface area contributed by atoms with Crippen LogP contribution in [0, 0.1) is 6.92 Å². The third kappa shape index (κ3) is 3.16. The fraction of sp³-hybridized carbons (Fsp3) is 0.158. The molecular weight excluding hydrogens is 290 g/mol. The molecule has 0 aliphatic heterocycles. The Kier molecular flexibility index (Phi) is 4.24. The highest BCUT2D eigenvalue weighted by molar-refractivity contribution is 5.94. The number of rotatable bonds is 4. The molecule has 0 aliphatic carbocycles. The predicted octanol–water partition coefficient (Wildman–Crippen LogP) is 4.48. The van der Waals surface area contributed by atoms with Gasteiger partial charge in [0.2, 0.25) is 0 Å². The maximum atomic E-state index is 11.6. The third-order valence-electron chi connectivity index (χ3n) is 3.62. The Hall–Kier alpha value is -2.88. The molecule has 0 fully saturated rings. The van der Waals surface area contributed by atoms with Crippen LogP contribution in [-0.4, -0.2) is 17.7 Å². The number of benzene rings is 2. The Morgan fingerprint density at radius 3 is 2.74 bits per heavy atom. The fourth-order valence-corrected chi connectivity index (χ4v) is 2.46. The van der Waals surface area contributed by atoms with Crippen molar-refractivity contribution in [2.75, 3.05) is 6.61 Å². The first-order valence-corrected chi connectivity index (χ1v) is 7.49. The van der Waals surface area contributed by atoms with E-state index in [1.54, 1.807) is 19.1 Å². The molecule has 0 atom stereocenters. The van der Waals surface area contributed by atoms with Gasteiger partial charge in [-0.05, 0) is 41.8 Å². The molecule has 2 aromatic carbocycles. The summed E-state index contributed by atoms with van der Waals surface area (Å²) >= 11 is 0. The number of nitrogens with zero attached hydrogens (tertiary/aromatic N) is 1. The minimum Gasteiger partial charge on any atom is -0.461 e. The topological polar surface area (TPSA) is 52.3 Å². The minimum atomic E-state index is -0.475. The van der Waals surface area contributed by atoms with Gasteiger partial charge in [0.25, 0.3) is 0 Å². The van der Waals surface area contributed by atoms with E-state index in [-0.39, 0.29) is 5.69 Å². The summed E-state index contributed by atoms with van der Waals surface area (Å²) in [7, 11) is 0. The summed E-state index contributed by atoms with van der Waals surface area (Å²) in [6, 6.07) is 14.0. The van der Waals surface area contributed by atoms with Crippen LogP contribution in [0.5, 0.6) is 0 Å². The van der Waals surface area contributed by atoms with Crippen molar-refractivity contribution >= 4 is 28.9 Å². The van der Waals surface area contributed by atoms with E-state index in [2.05, 4.69) is 36.3 Å². The lowest BCUT2D eigenvalue weighted by molar-refractivity contribution is 0.0514. The lowest BCUT2D eigenvalue weighted by Crippen LogP contribution is -2.04. The fourth-order valence-electron chi connectivity index (χ4n) is 2.46. The number of aryl methyl sites for hydroxylation is 1. The van der Waals surface area contributed by atoms with Gasteiger partial charge in [0.15, 0.2) is 11.5 Å². The molecule has 1 heterocycles. The molecular formula is C19H17NO3. The van der Waals surface area contributed by atoms with Gasteiger partial charge in [-0.15, -0.1) is 0 Å². The van der Waals surface area contributed by atoms with Crippen LogP contribution >= 0.6 is 0 Å². The largest absolute Gasteiger partial charge is 0.461 e. The molecule has 23 heavy (non-hydrogen) atoms. The number of esters is 1. The lowest BCUT2D eigenvalue weighted by atomic mass is 10.00. The number of hydrogen-bond acceptors (Lipinski definition) is 4. The Bertz CT molecular complexity index is 877. The van der Waals surface area contributed by atoms with Gasteiger partial charge >= 0.3 is 5.97 Å². The third-order valence-corrected chi connectivity index (χ3v) is 3.62. The van der Waals surface area contributed by atoms with Gasteiger partial charge in [0, 0.05) is 6.07 Å². The summed E-state index contributed by atoms with van der Waals surface area (Å²) in [5.74, 6) is 0.0365. The molecule has 116 valence electrons. The Morgan fingerprint density at radius 1 is 1.17 bits per heavy atom. The first kappa shape index (κ1) is 15.0. The number of aromatic nitrogens is 1. The average molecular weight is 307 g/mol. The van der Waals surface area contributed by atoms with E-state index in [1.807, 2.05) is 18.2 Å². The minimum absolute atomic E-state index is 0.181. The molecule has 0 unspecified atom stereocenters. The normalized spacial score (nSPS) is 11.2. The van der Waals surface area contributed by atoms with Crippen molar-refractivity contribution in [1.29, 1.82) is 0 Å². The van der Waals surface area contributed by atoms with Crippen molar-refractivity contribution in [1.82, 2.24) is 5.16 Å². The quantitative estimate of drug-likeness (QED) is 0.667. The highest BCUT2D eigenvalue weighted by atomic mass is 16.5. The summed E-state index contributed by atoms with van der Waals surface area (Å²) in [6.07, 6.45) is 3.75. The Morgan fingerprint density at radius 2 is 1.96 bits per heavy atom. The molecule has 0 bridgehead atoms. The van der Waals surface area contributed by atoms with E-state index in [9.17, 15) is 4.79 Å². The number of hydrogen-bond donors (Lipinski definition) is 0. The zero-order valence-corrected chi connectivity index (χ0v) is 13.1. The van der Waals surface area contributed by atoms with Gasteiger partial charge in [-0.25, -0.2) is 4.79 Å².